The summed E-state index contributed by atoms with van der Waals surface area (Å²) in [6, 6.07) is 6.83. The summed E-state index contributed by atoms with van der Waals surface area (Å²) in [6.07, 6.45) is 4.59. The normalized spacial score (nSPS) is 13.8. The Morgan fingerprint density at radius 2 is 1.95 bits per heavy atom. The minimum atomic E-state index is -3.55. The van der Waals surface area contributed by atoms with Gasteiger partial charge in [0, 0.05) is 5.92 Å². The van der Waals surface area contributed by atoms with Crippen molar-refractivity contribution in [3.05, 3.63) is 53.7 Å². The number of rotatable bonds is 7. The van der Waals surface area contributed by atoms with Gasteiger partial charge in [0.2, 0.25) is 9.84 Å². The fourth-order valence-corrected chi connectivity index (χ4v) is 3.61. The molecule has 1 aromatic carbocycles. The molecule has 1 rings (SSSR count). The van der Waals surface area contributed by atoms with E-state index >= 15 is 0 Å². The van der Waals surface area contributed by atoms with Crippen LogP contribution in [0.15, 0.2) is 53.0 Å². The summed E-state index contributed by atoms with van der Waals surface area (Å²) in [5.74, 6) is -0.230. The van der Waals surface area contributed by atoms with Gasteiger partial charge in [-0.15, -0.1) is 6.58 Å². The quantitative estimate of drug-likeness (QED) is 0.566. The molecule has 4 heteroatoms. The maximum atomic E-state index is 12.7. The largest absolute Gasteiger partial charge is 0.503 e. The molecule has 110 valence electrons. The summed E-state index contributed by atoms with van der Waals surface area (Å²) in [4.78, 5) is 0.551. The van der Waals surface area contributed by atoms with Crippen LogP contribution in [0, 0.1) is 12.8 Å². The standard InChI is InChI=1S/C16H22O3S/c1-5-7-14(6-2)16(12-19-4)20(17,18)15-10-8-13(3)9-11-15/h6,8-12,14H,2,5,7H2,1,3-4H3/b16-12-. The first-order valence-corrected chi connectivity index (χ1v) is 8.12. The SMILES string of the molecule is C=CC(CCC)/C(=C/OC)S(=O)(=O)c1ccc(C)cc1. The zero-order chi connectivity index (χ0) is 15.2. The lowest BCUT2D eigenvalue weighted by atomic mass is 10.0. The second-order valence-electron chi connectivity index (χ2n) is 4.70. The predicted molar refractivity (Wildman–Crippen MR) is 82.1 cm³/mol. The third kappa shape index (κ3) is 3.73. The van der Waals surface area contributed by atoms with E-state index in [4.69, 9.17) is 4.74 Å². The fraction of sp³-hybridized carbons (Fsp3) is 0.375. The molecule has 0 aliphatic heterocycles. The van der Waals surface area contributed by atoms with Gasteiger partial charge in [0.15, 0.2) is 0 Å². The van der Waals surface area contributed by atoms with Crippen LogP contribution in [0.5, 0.6) is 0 Å². The molecule has 1 unspecified atom stereocenters. The van der Waals surface area contributed by atoms with Crippen molar-refractivity contribution in [3.63, 3.8) is 0 Å². The van der Waals surface area contributed by atoms with Crippen molar-refractivity contribution in [2.75, 3.05) is 7.11 Å². The van der Waals surface area contributed by atoms with E-state index in [0.29, 0.717) is 0 Å². The highest BCUT2D eigenvalue weighted by Crippen LogP contribution is 2.29. The van der Waals surface area contributed by atoms with Crippen molar-refractivity contribution in [2.24, 2.45) is 5.92 Å². The van der Waals surface area contributed by atoms with Crippen LogP contribution < -0.4 is 0 Å². The molecular weight excluding hydrogens is 272 g/mol. The van der Waals surface area contributed by atoms with Gasteiger partial charge in [-0.2, -0.15) is 0 Å². The zero-order valence-electron chi connectivity index (χ0n) is 12.3. The molecule has 3 nitrogen and oxygen atoms in total. The van der Waals surface area contributed by atoms with E-state index in [1.807, 2.05) is 13.8 Å². The number of allylic oxidation sites excluding steroid dienone is 2. The minimum absolute atomic E-state index is 0.230. The first-order chi connectivity index (χ1) is 9.47. The number of methoxy groups -OCH3 is 1. The molecule has 0 aromatic heterocycles. The highest BCUT2D eigenvalue weighted by molar-refractivity contribution is 7.95. The Hall–Kier alpha value is -1.55. The lowest BCUT2D eigenvalue weighted by molar-refractivity contribution is 0.332. The Bertz CT molecular complexity index is 568. The number of ether oxygens (including phenoxy) is 1. The second-order valence-corrected chi connectivity index (χ2v) is 6.65. The second kappa shape index (κ2) is 7.29. The summed E-state index contributed by atoms with van der Waals surface area (Å²) in [5.41, 5.74) is 1.02. The van der Waals surface area contributed by atoms with Crippen molar-refractivity contribution in [2.45, 2.75) is 31.6 Å². The van der Waals surface area contributed by atoms with E-state index < -0.39 is 9.84 Å². The summed E-state index contributed by atoms with van der Waals surface area (Å²) < 4.78 is 30.4. The van der Waals surface area contributed by atoms with Crippen LogP contribution in [-0.4, -0.2) is 15.5 Å². The van der Waals surface area contributed by atoms with Crippen molar-refractivity contribution in [1.82, 2.24) is 0 Å². The van der Waals surface area contributed by atoms with Gasteiger partial charge >= 0.3 is 0 Å². The molecule has 0 bridgehead atoms. The van der Waals surface area contributed by atoms with Crippen LogP contribution >= 0.6 is 0 Å². The van der Waals surface area contributed by atoms with Gasteiger partial charge in [0.1, 0.15) is 0 Å². The van der Waals surface area contributed by atoms with E-state index in [2.05, 4.69) is 6.58 Å². The smallest absolute Gasteiger partial charge is 0.206 e. The molecule has 0 amide bonds. The van der Waals surface area contributed by atoms with E-state index in [9.17, 15) is 8.42 Å². The number of hydrogen-bond acceptors (Lipinski definition) is 3. The summed E-state index contributed by atoms with van der Waals surface area (Å²) in [5, 5.41) is 0. The molecule has 1 aromatic rings. The van der Waals surface area contributed by atoms with Crippen LogP contribution in [0.4, 0.5) is 0 Å². The monoisotopic (exact) mass is 294 g/mol. The molecule has 0 aliphatic carbocycles. The maximum Gasteiger partial charge on any atom is 0.206 e. The number of benzene rings is 1. The Kier molecular flexibility index (Phi) is 6.02. The van der Waals surface area contributed by atoms with Crippen LogP contribution in [0.1, 0.15) is 25.3 Å². The van der Waals surface area contributed by atoms with E-state index in [0.717, 1.165) is 18.4 Å². The number of hydrogen-bond donors (Lipinski definition) is 0. The molecule has 1 atom stereocenters. The van der Waals surface area contributed by atoms with Gasteiger partial charge in [-0.25, -0.2) is 8.42 Å². The molecule has 0 radical (unpaired) electrons. The Morgan fingerprint density at radius 3 is 2.40 bits per heavy atom. The lowest BCUT2D eigenvalue weighted by Gasteiger charge is -2.16. The predicted octanol–water partition coefficient (Wildman–Crippen LogP) is 3.86. The Morgan fingerprint density at radius 1 is 1.35 bits per heavy atom. The molecule has 0 heterocycles. The minimum Gasteiger partial charge on any atom is -0.503 e. The van der Waals surface area contributed by atoms with Crippen LogP contribution in [0.25, 0.3) is 0 Å². The van der Waals surface area contributed by atoms with E-state index in [1.165, 1.54) is 13.4 Å². The van der Waals surface area contributed by atoms with Gasteiger partial charge in [0.05, 0.1) is 23.2 Å². The van der Waals surface area contributed by atoms with Crippen molar-refractivity contribution in [1.29, 1.82) is 0 Å². The highest BCUT2D eigenvalue weighted by Gasteiger charge is 2.26. The summed E-state index contributed by atoms with van der Waals surface area (Å²) in [7, 11) is -2.09. The average molecular weight is 294 g/mol. The molecule has 0 N–H and O–H groups in total. The zero-order valence-corrected chi connectivity index (χ0v) is 13.1. The van der Waals surface area contributed by atoms with Gasteiger partial charge in [-0.1, -0.05) is 37.1 Å². The highest BCUT2D eigenvalue weighted by atomic mass is 32.2. The summed E-state index contributed by atoms with van der Waals surface area (Å²) in [6.45, 7) is 7.68. The molecule has 0 aliphatic rings. The van der Waals surface area contributed by atoms with Crippen molar-refractivity contribution < 1.29 is 13.2 Å². The lowest BCUT2D eigenvalue weighted by Crippen LogP contribution is -2.13. The van der Waals surface area contributed by atoms with Crippen molar-refractivity contribution in [3.8, 4) is 0 Å². The topological polar surface area (TPSA) is 43.4 Å². The van der Waals surface area contributed by atoms with Gasteiger partial charge < -0.3 is 4.74 Å². The number of sulfone groups is 1. The average Bonchev–Trinajstić information content (AvgIpc) is 2.43. The number of aryl methyl sites for hydroxylation is 1. The molecule has 0 fully saturated rings. The Labute approximate surface area is 121 Å². The molecule has 0 spiro atoms. The molecule has 20 heavy (non-hydrogen) atoms. The summed E-state index contributed by atoms with van der Waals surface area (Å²) >= 11 is 0. The van der Waals surface area contributed by atoms with Gasteiger partial charge in [0.25, 0.3) is 0 Å². The first-order valence-electron chi connectivity index (χ1n) is 6.64. The molecule has 0 saturated heterocycles. The maximum absolute atomic E-state index is 12.7. The first kappa shape index (κ1) is 16.5. The molecular formula is C16H22O3S. The van der Waals surface area contributed by atoms with E-state index in [-0.39, 0.29) is 15.7 Å². The fourth-order valence-electron chi connectivity index (χ4n) is 2.01. The van der Waals surface area contributed by atoms with Gasteiger partial charge in [-0.3, -0.25) is 0 Å². The van der Waals surface area contributed by atoms with Crippen LogP contribution in [-0.2, 0) is 14.6 Å². The van der Waals surface area contributed by atoms with Crippen molar-refractivity contribution >= 4 is 9.84 Å². The Balaban J connectivity index is 3.29. The van der Waals surface area contributed by atoms with E-state index in [1.54, 1.807) is 30.3 Å². The third-order valence-electron chi connectivity index (χ3n) is 3.13. The molecule has 0 saturated carbocycles. The van der Waals surface area contributed by atoms with Gasteiger partial charge in [-0.05, 0) is 25.5 Å². The van der Waals surface area contributed by atoms with Crippen LogP contribution in [0.2, 0.25) is 0 Å². The van der Waals surface area contributed by atoms with Crippen LogP contribution in [0.3, 0.4) is 0 Å². The third-order valence-corrected chi connectivity index (χ3v) is 5.04.